The SMILES string of the molecule is Cc1ccc(-c2cc(C)nc(CC(=O)O)n2)c(C)c1. The Labute approximate surface area is 112 Å². The van der Waals surface area contributed by atoms with Crippen LogP contribution in [0.15, 0.2) is 24.3 Å². The van der Waals surface area contributed by atoms with E-state index in [2.05, 4.69) is 16.0 Å². The fourth-order valence-electron chi connectivity index (χ4n) is 2.08. The van der Waals surface area contributed by atoms with Crippen molar-refractivity contribution in [1.82, 2.24) is 9.97 Å². The number of hydrogen-bond acceptors (Lipinski definition) is 3. The molecule has 2 aromatic rings. The van der Waals surface area contributed by atoms with Crippen LogP contribution in [-0.4, -0.2) is 21.0 Å². The van der Waals surface area contributed by atoms with Gasteiger partial charge in [0.05, 0.1) is 5.69 Å². The van der Waals surface area contributed by atoms with Crippen molar-refractivity contribution >= 4 is 5.97 Å². The summed E-state index contributed by atoms with van der Waals surface area (Å²) >= 11 is 0. The van der Waals surface area contributed by atoms with Gasteiger partial charge in [-0.3, -0.25) is 4.79 Å². The molecule has 0 aliphatic heterocycles. The molecule has 98 valence electrons. The van der Waals surface area contributed by atoms with E-state index in [0.29, 0.717) is 5.82 Å². The van der Waals surface area contributed by atoms with Crippen LogP contribution in [0.25, 0.3) is 11.3 Å². The van der Waals surface area contributed by atoms with E-state index in [1.807, 2.05) is 39.0 Å². The molecule has 4 nitrogen and oxygen atoms in total. The third-order valence-electron chi connectivity index (χ3n) is 2.87. The summed E-state index contributed by atoms with van der Waals surface area (Å²) in [6, 6.07) is 8.00. The maximum Gasteiger partial charge on any atom is 0.311 e. The van der Waals surface area contributed by atoms with E-state index in [9.17, 15) is 4.79 Å². The van der Waals surface area contributed by atoms with Crippen molar-refractivity contribution in [2.75, 3.05) is 0 Å². The van der Waals surface area contributed by atoms with E-state index in [0.717, 1.165) is 22.5 Å². The van der Waals surface area contributed by atoms with Gasteiger partial charge in [0.2, 0.25) is 0 Å². The second kappa shape index (κ2) is 5.18. The van der Waals surface area contributed by atoms with Crippen molar-refractivity contribution in [2.24, 2.45) is 0 Å². The summed E-state index contributed by atoms with van der Waals surface area (Å²) in [5, 5.41) is 8.83. The van der Waals surface area contributed by atoms with Crippen LogP contribution in [-0.2, 0) is 11.2 Å². The topological polar surface area (TPSA) is 63.1 Å². The van der Waals surface area contributed by atoms with Gasteiger partial charge >= 0.3 is 5.97 Å². The van der Waals surface area contributed by atoms with Gasteiger partial charge in [-0.05, 0) is 32.4 Å². The first-order chi connectivity index (χ1) is 8.95. The molecule has 0 atom stereocenters. The molecule has 0 aliphatic carbocycles. The second-order valence-corrected chi connectivity index (χ2v) is 4.70. The van der Waals surface area contributed by atoms with E-state index in [4.69, 9.17) is 5.11 Å². The lowest BCUT2D eigenvalue weighted by atomic mass is 10.0. The normalized spacial score (nSPS) is 10.5. The van der Waals surface area contributed by atoms with Gasteiger partial charge < -0.3 is 5.11 Å². The first-order valence-corrected chi connectivity index (χ1v) is 6.09. The average molecular weight is 256 g/mol. The Morgan fingerprint density at radius 3 is 2.53 bits per heavy atom. The van der Waals surface area contributed by atoms with Gasteiger partial charge in [-0.15, -0.1) is 0 Å². The summed E-state index contributed by atoms with van der Waals surface area (Å²) in [4.78, 5) is 19.3. The number of aliphatic carboxylic acids is 1. The average Bonchev–Trinajstić information content (AvgIpc) is 2.26. The Kier molecular flexibility index (Phi) is 3.60. The Morgan fingerprint density at radius 2 is 1.89 bits per heavy atom. The molecule has 0 aliphatic rings. The van der Waals surface area contributed by atoms with Crippen LogP contribution in [0, 0.1) is 20.8 Å². The Bertz CT molecular complexity index is 636. The quantitative estimate of drug-likeness (QED) is 0.917. The standard InChI is InChI=1S/C15H16N2O2/c1-9-4-5-12(10(2)6-9)13-7-11(3)16-14(17-13)8-15(18)19/h4-7H,8H2,1-3H3,(H,18,19). The fraction of sp³-hybridized carbons (Fsp3) is 0.267. The van der Waals surface area contributed by atoms with E-state index < -0.39 is 5.97 Å². The highest BCUT2D eigenvalue weighted by molar-refractivity contribution is 5.70. The van der Waals surface area contributed by atoms with E-state index in [1.54, 1.807) is 0 Å². The molecular weight excluding hydrogens is 240 g/mol. The van der Waals surface area contributed by atoms with Crippen LogP contribution in [0.3, 0.4) is 0 Å². The van der Waals surface area contributed by atoms with Gasteiger partial charge in [0.15, 0.2) is 0 Å². The van der Waals surface area contributed by atoms with Gasteiger partial charge in [-0.2, -0.15) is 0 Å². The number of nitrogens with zero attached hydrogens (tertiary/aromatic N) is 2. The molecule has 1 N–H and O–H groups in total. The summed E-state index contributed by atoms with van der Waals surface area (Å²) in [5.41, 5.74) is 4.89. The molecule has 0 fully saturated rings. The Balaban J connectivity index is 2.49. The predicted molar refractivity (Wildman–Crippen MR) is 73.0 cm³/mol. The zero-order valence-electron chi connectivity index (χ0n) is 11.3. The van der Waals surface area contributed by atoms with Gasteiger partial charge in [0.1, 0.15) is 12.2 Å². The predicted octanol–water partition coefficient (Wildman–Crippen LogP) is 2.70. The number of hydrogen-bond donors (Lipinski definition) is 1. The maximum absolute atomic E-state index is 10.8. The fourth-order valence-corrected chi connectivity index (χ4v) is 2.08. The molecule has 4 heteroatoms. The van der Waals surface area contributed by atoms with E-state index >= 15 is 0 Å². The van der Waals surface area contributed by atoms with Crippen molar-refractivity contribution in [3.8, 4) is 11.3 Å². The van der Waals surface area contributed by atoms with Crippen LogP contribution >= 0.6 is 0 Å². The van der Waals surface area contributed by atoms with Gasteiger partial charge in [-0.1, -0.05) is 23.8 Å². The number of carboxylic acid groups (broad SMARTS) is 1. The minimum absolute atomic E-state index is 0.153. The van der Waals surface area contributed by atoms with Crippen molar-refractivity contribution < 1.29 is 9.90 Å². The number of aromatic nitrogens is 2. The summed E-state index contributed by atoms with van der Waals surface area (Å²) in [5.74, 6) is -0.570. The molecule has 1 heterocycles. The lowest BCUT2D eigenvalue weighted by molar-refractivity contribution is -0.136. The molecule has 0 unspecified atom stereocenters. The zero-order valence-corrected chi connectivity index (χ0v) is 11.3. The van der Waals surface area contributed by atoms with Crippen molar-refractivity contribution in [2.45, 2.75) is 27.2 Å². The molecule has 0 saturated carbocycles. The summed E-state index contributed by atoms with van der Waals surface area (Å²) in [6.07, 6.45) is -0.153. The first-order valence-electron chi connectivity index (χ1n) is 6.09. The minimum Gasteiger partial charge on any atom is -0.481 e. The summed E-state index contributed by atoms with van der Waals surface area (Å²) in [6.45, 7) is 5.91. The molecule has 0 amide bonds. The number of carboxylic acids is 1. The van der Waals surface area contributed by atoms with Crippen LogP contribution in [0.5, 0.6) is 0 Å². The Hall–Kier alpha value is -2.23. The van der Waals surface area contributed by atoms with Crippen molar-refractivity contribution in [1.29, 1.82) is 0 Å². The van der Waals surface area contributed by atoms with Gasteiger partial charge in [-0.25, -0.2) is 9.97 Å². The molecule has 2 rings (SSSR count). The minimum atomic E-state index is -0.919. The molecule has 0 bridgehead atoms. The molecule has 1 aromatic carbocycles. The third kappa shape index (κ3) is 3.16. The van der Waals surface area contributed by atoms with E-state index in [-0.39, 0.29) is 6.42 Å². The number of carbonyl (C=O) groups is 1. The van der Waals surface area contributed by atoms with E-state index in [1.165, 1.54) is 5.56 Å². The first kappa shape index (κ1) is 13.2. The largest absolute Gasteiger partial charge is 0.481 e. The molecule has 0 spiro atoms. The smallest absolute Gasteiger partial charge is 0.311 e. The van der Waals surface area contributed by atoms with Gasteiger partial charge in [0, 0.05) is 11.3 Å². The molecule has 1 aromatic heterocycles. The number of benzene rings is 1. The third-order valence-corrected chi connectivity index (χ3v) is 2.87. The lowest BCUT2D eigenvalue weighted by Gasteiger charge is -2.08. The lowest BCUT2D eigenvalue weighted by Crippen LogP contribution is -2.06. The highest BCUT2D eigenvalue weighted by Crippen LogP contribution is 2.23. The van der Waals surface area contributed by atoms with Crippen LogP contribution in [0.4, 0.5) is 0 Å². The highest BCUT2D eigenvalue weighted by Gasteiger charge is 2.09. The zero-order chi connectivity index (χ0) is 14.0. The van der Waals surface area contributed by atoms with Gasteiger partial charge in [0.25, 0.3) is 0 Å². The molecule has 0 saturated heterocycles. The summed E-state index contributed by atoms with van der Waals surface area (Å²) < 4.78 is 0. The number of rotatable bonds is 3. The maximum atomic E-state index is 10.8. The molecular formula is C15H16N2O2. The van der Waals surface area contributed by atoms with Crippen LogP contribution in [0.1, 0.15) is 22.6 Å². The highest BCUT2D eigenvalue weighted by atomic mass is 16.4. The Morgan fingerprint density at radius 1 is 1.16 bits per heavy atom. The summed E-state index contributed by atoms with van der Waals surface area (Å²) in [7, 11) is 0. The number of aryl methyl sites for hydroxylation is 3. The second-order valence-electron chi connectivity index (χ2n) is 4.70. The molecule has 0 radical (unpaired) electrons. The van der Waals surface area contributed by atoms with Crippen molar-refractivity contribution in [3.05, 3.63) is 46.9 Å². The monoisotopic (exact) mass is 256 g/mol. The van der Waals surface area contributed by atoms with Crippen LogP contribution in [0.2, 0.25) is 0 Å². The molecule has 19 heavy (non-hydrogen) atoms. The van der Waals surface area contributed by atoms with Crippen molar-refractivity contribution in [3.63, 3.8) is 0 Å². The van der Waals surface area contributed by atoms with Crippen LogP contribution < -0.4 is 0 Å².